The molecule has 2 nitrogen and oxygen atoms in total. The molecule has 2 aromatic rings. The van der Waals surface area contributed by atoms with E-state index >= 15 is 0 Å². The Morgan fingerprint density at radius 3 is 2.91 bits per heavy atom. The molecule has 1 aromatic heterocycles. The summed E-state index contributed by atoms with van der Waals surface area (Å²) in [4.78, 5) is 4.12. The number of fused-ring (bicyclic) bond motifs is 1. The Morgan fingerprint density at radius 2 is 2.18 bits per heavy atom. The predicted molar refractivity (Wildman–Crippen MR) is 93.7 cm³/mol. The fourth-order valence-electron chi connectivity index (χ4n) is 3.69. The maximum absolute atomic E-state index is 10.0. The highest BCUT2D eigenvalue weighted by Crippen LogP contribution is 2.34. The van der Waals surface area contributed by atoms with Gasteiger partial charge >= 0.3 is 0 Å². The maximum Gasteiger partial charge on any atom is 0.119 e. The molecule has 0 fully saturated rings. The summed E-state index contributed by atoms with van der Waals surface area (Å²) in [6.45, 7) is 5.73. The van der Waals surface area contributed by atoms with Crippen LogP contribution in [0.5, 0.6) is 5.75 Å². The van der Waals surface area contributed by atoms with Gasteiger partial charge in [0, 0.05) is 17.0 Å². The number of nitrogens with zero attached hydrogens (tertiary/aromatic N) is 1. The van der Waals surface area contributed by atoms with Crippen LogP contribution in [0.1, 0.15) is 48.7 Å². The van der Waals surface area contributed by atoms with Gasteiger partial charge in [-0.3, -0.25) is 4.90 Å². The van der Waals surface area contributed by atoms with Crippen LogP contribution in [0.4, 0.5) is 0 Å². The summed E-state index contributed by atoms with van der Waals surface area (Å²) in [7, 11) is 0. The Morgan fingerprint density at radius 1 is 1.32 bits per heavy atom. The third-order valence-corrected chi connectivity index (χ3v) is 5.88. The Labute approximate surface area is 137 Å². The summed E-state index contributed by atoms with van der Waals surface area (Å²) >= 11 is 1.86. The molecule has 0 radical (unpaired) electrons. The molecule has 1 heterocycles. The average Bonchev–Trinajstić information content (AvgIpc) is 3.06. The quantitative estimate of drug-likeness (QED) is 0.858. The average molecular weight is 315 g/mol. The van der Waals surface area contributed by atoms with Gasteiger partial charge in [0.2, 0.25) is 0 Å². The minimum Gasteiger partial charge on any atom is -0.508 e. The molecule has 0 saturated carbocycles. The zero-order valence-corrected chi connectivity index (χ0v) is 14.3. The first-order valence-electron chi connectivity index (χ1n) is 8.29. The molecule has 1 N–H and O–H groups in total. The molecule has 3 rings (SSSR count). The lowest BCUT2D eigenvalue weighted by molar-refractivity contribution is 0.132. The summed E-state index contributed by atoms with van der Waals surface area (Å²) in [5.41, 5.74) is 2.50. The van der Waals surface area contributed by atoms with Gasteiger partial charge < -0.3 is 5.11 Å². The van der Waals surface area contributed by atoms with Crippen molar-refractivity contribution in [3.8, 4) is 5.75 Å². The van der Waals surface area contributed by atoms with E-state index < -0.39 is 0 Å². The first-order valence-corrected chi connectivity index (χ1v) is 9.17. The van der Waals surface area contributed by atoms with Crippen molar-refractivity contribution in [2.75, 3.05) is 6.54 Å². The second kappa shape index (κ2) is 6.84. The summed E-state index contributed by atoms with van der Waals surface area (Å²) in [5.74, 6) is 0.476. The molecular weight excluding hydrogens is 290 g/mol. The Bertz CT molecular complexity index is 608. The lowest BCUT2D eigenvalue weighted by Gasteiger charge is -2.39. The largest absolute Gasteiger partial charge is 0.508 e. The molecule has 0 spiro atoms. The zero-order valence-electron chi connectivity index (χ0n) is 13.5. The monoisotopic (exact) mass is 315 g/mol. The van der Waals surface area contributed by atoms with E-state index in [4.69, 9.17) is 0 Å². The van der Waals surface area contributed by atoms with E-state index in [1.807, 2.05) is 23.5 Å². The summed E-state index contributed by atoms with van der Waals surface area (Å²) < 4.78 is 0. The van der Waals surface area contributed by atoms with E-state index in [-0.39, 0.29) is 0 Å². The van der Waals surface area contributed by atoms with Crippen LogP contribution < -0.4 is 0 Å². The SMILES string of the molecule is CCCN([C@H]1CCc2c(O)cccc2C1)[C@@H](C)c1cccs1. The van der Waals surface area contributed by atoms with Gasteiger partial charge in [0.25, 0.3) is 0 Å². The summed E-state index contributed by atoms with van der Waals surface area (Å²) in [5, 5.41) is 12.2. The molecule has 0 unspecified atom stereocenters. The van der Waals surface area contributed by atoms with Gasteiger partial charge in [-0.15, -0.1) is 11.3 Å². The number of phenolic OH excluding ortho intramolecular Hbond substituents is 1. The van der Waals surface area contributed by atoms with E-state index in [9.17, 15) is 5.11 Å². The standard InChI is InChI=1S/C19H25NOS/c1-3-11-20(14(2)19-8-5-12-22-19)16-9-10-17-15(13-16)6-4-7-18(17)21/h4-8,12,14,16,21H,3,9-11,13H2,1-2H3/t14-,16-/m0/s1. The molecular formula is C19H25NOS. The molecule has 0 amide bonds. The van der Waals surface area contributed by atoms with E-state index in [2.05, 4.69) is 42.3 Å². The van der Waals surface area contributed by atoms with Gasteiger partial charge in [0.05, 0.1) is 0 Å². The first kappa shape index (κ1) is 15.6. The van der Waals surface area contributed by atoms with E-state index in [1.54, 1.807) is 0 Å². The van der Waals surface area contributed by atoms with Crippen molar-refractivity contribution in [3.05, 3.63) is 51.7 Å². The van der Waals surface area contributed by atoms with Crippen LogP contribution in [0.15, 0.2) is 35.7 Å². The minimum atomic E-state index is 0.476. The highest BCUT2D eigenvalue weighted by atomic mass is 32.1. The number of phenols is 1. The molecule has 1 aliphatic rings. The van der Waals surface area contributed by atoms with Crippen molar-refractivity contribution in [2.24, 2.45) is 0 Å². The van der Waals surface area contributed by atoms with Crippen LogP contribution in [-0.2, 0) is 12.8 Å². The van der Waals surface area contributed by atoms with Gasteiger partial charge in [-0.1, -0.05) is 25.1 Å². The van der Waals surface area contributed by atoms with Gasteiger partial charge in [-0.2, -0.15) is 0 Å². The normalized spacial score (nSPS) is 19.1. The minimum absolute atomic E-state index is 0.476. The number of rotatable bonds is 5. The second-order valence-corrected chi connectivity index (χ2v) is 7.22. The van der Waals surface area contributed by atoms with E-state index in [0.717, 1.165) is 25.8 Å². The molecule has 0 aliphatic heterocycles. The van der Waals surface area contributed by atoms with Gasteiger partial charge in [0.1, 0.15) is 5.75 Å². The second-order valence-electron chi connectivity index (χ2n) is 6.24. The van der Waals surface area contributed by atoms with E-state index in [0.29, 0.717) is 17.8 Å². The fraction of sp³-hybridized carbons (Fsp3) is 0.474. The smallest absolute Gasteiger partial charge is 0.119 e. The van der Waals surface area contributed by atoms with Crippen molar-refractivity contribution >= 4 is 11.3 Å². The third-order valence-electron chi connectivity index (χ3n) is 4.83. The highest BCUT2D eigenvalue weighted by molar-refractivity contribution is 7.10. The Hall–Kier alpha value is -1.32. The van der Waals surface area contributed by atoms with Crippen molar-refractivity contribution in [1.82, 2.24) is 4.90 Å². The van der Waals surface area contributed by atoms with Crippen molar-refractivity contribution < 1.29 is 5.11 Å². The van der Waals surface area contributed by atoms with Crippen LogP contribution in [0.2, 0.25) is 0 Å². The number of benzene rings is 1. The lowest BCUT2D eigenvalue weighted by atomic mass is 9.86. The predicted octanol–water partition coefficient (Wildman–Crippen LogP) is 4.78. The molecule has 0 saturated heterocycles. The molecule has 0 bridgehead atoms. The highest BCUT2D eigenvalue weighted by Gasteiger charge is 2.28. The van der Waals surface area contributed by atoms with Crippen LogP contribution in [0, 0.1) is 0 Å². The molecule has 2 atom stereocenters. The third kappa shape index (κ3) is 3.06. The van der Waals surface area contributed by atoms with Crippen LogP contribution >= 0.6 is 11.3 Å². The van der Waals surface area contributed by atoms with E-state index in [1.165, 1.54) is 22.4 Å². The molecule has 118 valence electrons. The summed E-state index contributed by atoms with van der Waals surface area (Å²) in [6, 6.07) is 11.4. The Balaban J connectivity index is 1.81. The van der Waals surface area contributed by atoms with Crippen molar-refractivity contribution in [1.29, 1.82) is 0 Å². The number of hydrogen-bond donors (Lipinski definition) is 1. The van der Waals surface area contributed by atoms with Gasteiger partial charge in [0.15, 0.2) is 0 Å². The molecule has 1 aliphatic carbocycles. The fourth-order valence-corrected chi connectivity index (χ4v) is 4.50. The van der Waals surface area contributed by atoms with Crippen LogP contribution in [0.25, 0.3) is 0 Å². The molecule has 1 aromatic carbocycles. The van der Waals surface area contributed by atoms with Crippen LogP contribution in [0.3, 0.4) is 0 Å². The number of hydrogen-bond acceptors (Lipinski definition) is 3. The zero-order chi connectivity index (χ0) is 15.5. The van der Waals surface area contributed by atoms with Crippen molar-refractivity contribution in [3.63, 3.8) is 0 Å². The number of thiophene rings is 1. The maximum atomic E-state index is 10.0. The van der Waals surface area contributed by atoms with Crippen molar-refractivity contribution in [2.45, 2.75) is 51.6 Å². The van der Waals surface area contributed by atoms with Crippen LogP contribution in [-0.4, -0.2) is 22.6 Å². The first-order chi connectivity index (χ1) is 10.7. The topological polar surface area (TPSA) is 23.5 Å². The summed E-state index contributed by atoms with van der Waals surface area (Å²) in [6.07, 6.45) is 4.36. The molecule has 22 heavy (non-hydrogen) atoms. The van der Waals surface area contributed by atoms with Gasteiger partial charge in [-0.25, -0.2) is 0 Å². The van der Waals surface area contributed by atoms with Gasteiger partial charge in [-0.05, 0) is 67.8 Å². The lowest BCUT2D eigenvalue weighted by Crippen LogP contribution is -2.41. The Kier molecular flexibility index (Phi) is 4.84. The molecule has 3 heteroatoms. The number of aromatic hydroxyl groups is 1.